The van der Waals surface area contributed by atoms with Crippen molar-refractivity contribution in [2.24, 2.45) is 0 Å². The number of benzene rings is 1. The number of aromatic nitrogens is 2. The third-order valence-electron chi connectivity index (χ3n) is 2.77. The minimum absolute atomic E-state index is 0.397. The Morgan fingerprint density at radius 3 is 3.00 bits per heavy atom. The van der Waals surface area contributed by atoms with Gasteiger partial charge in [-0.3, -0.25) is 9.97 Å². The summed E-state index contributed by atoms with van der Waals surface area (Å²) in [5.74, 6) is 0. The molecule has 0 aliphatic rings. The molecule has 17 heavy (non-hydrogen) atoms. The van der Waals surface area contributed by atoms with Crippen molar-refractivity contribution < 1.29 is 0 Å². The van der Waals surface area contributed by atoms with Gasteiger partial charge in [-0.1, -0.05) is 6.07 Å². The fourth-order valence-corrected chi connectivity index (χ4v) is 1.99. The van der Waals surface area contributed by atoms with Gasteiger partial charge in [-0.05, 0) is 29.8 Å². The predicted molar refractivity (Wildman–Crippen MR) is 66.4 cm³/mol. The lowest BCUT2D eigenvalue weighted by Gasteiger charge is -2.03. The standard InChI is InChI=1S/C14H9N3/c15-6-5-10-8-11-3-4-13-12(2-1-7-16-13)14(11)17-9-10/h1-4,7-9H,5H2. The number of pyridine rings is 2. The molecular formula is C14H9N3. The van der Waals surface area contributed by atoms with Crippen LogP contribution in [0.2, 0.25) is 0 Å². The zero-order valence-corrected chi connectivity index (χ0v) is 9.09. The monoisotopic (exact) mass is 219 g/mol. The van der Waals surface area contributed by atoms with Crippen molar-refractivity contribution in [2.45, 2.75) is 6.42 Å². The Bertz CT molecular complexity index is 741. The summed E-state index contributed by atoms with van der Waals surface area (Å²) in [6.07, 6.45) is 3.93. The lowest BCUT2D eigenvalue weighted by atomic mass is 10.1. The van der Waals surface area contributed by atoms with Gasteiger partial charge in [0.25, 0.3) is 0 Å². The zero-order chi connectivity index (χ0) is 11.7. The maximum Gasteiger partial charge on any atom is 0.0796 e. The summed E-state index contributed by atoms with van der Waals surface area (Å²) in [5, 5.41) is 10.8. The lowest BCUT2D eigenvalue weighted by molar-refractivity contribution is 1.22. The van der Waals surface area contributed by atoms with E-state index in [2.05, 4.69) is 16.0 Å². The van der Waals surface area contributed by atoms with Crippen molar-refractivity contribution in [2.75, 3.05) is 0 Å². The van der Waals surface area contributed by atoms with Crippen molar-refractivity contribution in [3.8, 4) is 6.07 Å². The molecule has 0 spiro atoms. The molecule has 0 unspecified atom stereocenters. The molecular weight excluding hydrogens is 210 g/mol. The number of hydrogen-bond acceptors (Lipinski definition) is 3. The predicted octanol–water partition coefficient (Wildman–Crippen LogP) is 2.85. The van der Waals surface area contributed by atoms with Crippen LogP contribution in [0, 0.1) is 11.3 Å². The summed E-state index contributed by atoms with van der Waals surface area (Å²) in [4.78, 5) is 8.73. The Hall–Kier alpha value is -2.47. The van der Waals surface area contributed by atoms with E-state index in [1.54, 1.807) is 12.4 Å². The maximum absolute atomic E-state index is 8.68. The fourth-order valence-electron chi connectivity index (χ4n) is 1.99. The topological polar surface area (TPSA) is 49.6 Å². The minimum atomic E-state index is 0.397. The highest BCUT2D eigenvalue weighted by molar-refractivity contribution is 6.03. The average molecular weight is 219 g/mol. The first kappa shape index (κ1) is 9.73. The van der Waals surface area contributed by atoms with Crippen LogP contribution in [0.1, 0.15) is 5.56 Å². The number of nitriles is 1. The Balaban J connectivity index is 2.34. The second-order valence-electron chi connectivity index (χ2n) is 3.89. The van der Waals surface area contributed by atoms with Gasteiger partial charge in [0.05, 0.1) is 23.5 Å². The van der Waals surface area contributed by atoms with Gasteiger partial charge in [0.2, 0.25) is 0 Å². The molecule has 0 amide bonds. The van der Waals surface area contributed by atoms with E-state index in [-0.39, 0.29) is 0 Å². The Morgan fingerprint density at radius 2 is 2.12 bits per heavy atom. The summed E-state index contributed by atoms with van der Waals surface area (Å²) in [7, 11) is 0. The van der Waals surface area contributed by atoms with Crippen molar-refractivity contribution in [3.05, 3.63) is 48.3 Å². The highest BCUT2D eigenvalue weighted by Crippen LogP contribution is 2.22. The van der Waals surface area contributed by atoms with Gasteiger partial charge in [-0.25, -0.2) is 0 Å². The van der Waals surface area contributed by atoms with Crippen LogP contribution < -0.4 is 0 Å². The van der Waals surface area contributed by atoms with Gasteiger partial charge < -0.3 is 0 Å². The zero-order valence-electron chi connectivity index (χ0n) is 9.09. The van der Waals surface area contributed by atoms with Gasteiger partial charge in [-0.15, -0.1) is 0 Å². The third kappa shape index (κ3) is 1.60. The van der Waals surface area contributed by atoms with Crippen molar-refractivity contribution in [1.82, 2.24) is 9.97 Å². The van der Waals surface area contributed by atoms with Crippen molar-refractivity contribution in [3.63, 3.8) is 0 Å². The molecule has 0 atom stereocenters. The quantitative estimate of drug-likeness (QED) is 0.591. The summed E-state index contributed by atoms with van der Waals surface area (Å²) in [5.41, 5.74) is 2.83. The Kier molecular flexibility index (Phi) is 2.20. The SMILES string of the molecule is N#CCc1cnc2c(ccc3ncccc32)c1. The molecule has 0 radical (unpaired) electrons. The largest absolute Gasteiger partial charge is 0.256 e. The molecule has 3 heteroatoms. The van der Waals surface area contributed by atoms with Crippen LogP contribution in [0.4, 0.5) is 0 Å². The van der Waals surface area contributed by atoms with Crippen LogP contribution in [0.5, 0.6) is 0 Å². The van der Waals surface area contributed by atoms with Crippen LogP contribution in [0.3, 0.4) is 0 Å². The van der Waals surface area contributed by atoms with Crippen LogP contribution in [-0.4, -0.2) is 9.97 Å². The average Bonchev–Trinajstić information content (AvgIpc) is 2.39. The second kappa shape index (κ2) is 3.84. The molecule has 80 valence electrons. The van der Waals surface area contributed by atoms with E-state index in [4.69, 9.17) is 5.26 Å². The molecule has 1 aromatic carbocycles. The number of fused-ring (bicyclic) bond motifs is 3. The Morgan fingerprint density at radius 1 is 1.18 bits per heavy atom. The first-order valence-electron chi connectivity index (χ1n) is 5.38. The van der Waals surface area contributed by atoms with E-state index in [9.17, 15) is 0 Å². The van der Waals surface area contributed by atoms with Crippen LogP contribution >= 0.6 is 0 Å². The van der Waals surface area contributed by atoms with Crippen molar-refractivity contribution in [1.29, 1.82) is 5.26 Å². The van der Waals surface area contributed by atoms with Crippen LogP contribution in [0.25, 0.3) is 21.8 Å². The molecule has 0 fully saturated rings. The molecule has 0 saturated carbocycles. The molecule has 0 N–H and O–H groups in total. The Labute approximate surface area is 98.4 Å². The van der Waals surface area contributed by atoms with Gasteiger partial charge in [-0.2, -0.15) is 5.26 Å². The first-order chi connectivity index (χ1) is 8.38. The van der Waals surface area contributed by atoms with Gasteiger partial charge in [0.15, 0.2) is 0 Å². The fraction of sp³-hybridized carbons (Fsp3) is 0.0714. The molecule has 0 bridgehead atoms. The van der Waals surface area contributed by atoms with Gasteiger partial charge >= 0.3 is 0 Å². The number of rotatable bonds is 1. The lowest BCUT2D eigenvalue weighted by Crippen LogP contribution is -1.88. The highest BCUT2D eigenvalue weighted by Gasteiger charge is 2.03. The van der Waals surface area contributed by atoms with E-state index in [1.807, 2.05) is 30.3 Å². The van der Waals surface area contributed by atoms with Crippen LogP contribution in [0.15, 0.2) is 42.7 Å². The summed E-state index contributed by atoms with van der Waals surface area (Å²) >= 11 is 0. The van der Waals surface area contributed by atoms with Crippen molar-refractivity contribution >= 4 is 21.8 Å². The second-order valence-corrected chi connectivity index (χ2v) is 3.89. The summed E-state index contributed by atoms with van der Waals surface area (Å²) < 4.78 is 0. The van der Waals surface area contributed by atoms with Gasteiger partial charge in [0.1, 0.15) is 0 Å². The molecule has 3 aromatic rings. The van der Waals surface area contributed by atoms with E-state index >= 15 is 0 Å². The number of hydrogen-bond donors (Lipinski definition) is 0. The van der Waals surface area contributed by atoms with E-state index in [0.29, 0.717) is 6.42 Å². The normalized spacial score (nSPS) is 10.5. The molecule has 0 aliphatic heterocycles. The molecule has 2 aromatic heterocycles. The summed E-state index contributed by atoms with van der Waals surface area (Å²) in [6, 6.07) is 12.1. The van der Waals surface area contributed by atoms with Crippen LogP contribution in [-0.2, 0) is 6.42 Å². The molecule has 0 saturated heterocycles. The minimum Gasteiger partial charge on any atom is -0.256 e. The molecule has 3 nitrogen and oxygen atoms in total. The molecule has 3 rings (SSSR count). The molecule has 2 heterocycles. The molecule has 0 aliphatic carbocycles. The number of nitrogens with zero attached hydrogens (tertiary/aromatic N) is 3. The third-order valence-corrected chi connectivity index (χ3v) is 2.77. The van der Waals surface area contributed by atoms with E-state index < -0.39 is 0 Å². The van der Waals surface area contributed by atoms with Gasteiger partial charge in [0, 0.05) is 23.2 Å². The maximum atomic E-state index is 8.68. The van der Waals surface area contributed by atoms with E-state index in [1.165, 1.54) is 0 Å². The summed E-state index contributed by atoms with van der Waals surface area (Å²) in [6.45, 7) is 0. The smallest absolute Gasteiger partial charge is 0.0796 e. The highest BCUT2D eigenvalue weighted by atomic mass is 14.7. The first-order valence-corrected chi connectivity index (χ1v) is 5.38. The van der Waals surface area contributed by atoms with E-state index in [0.717, 1.165) is 27.4 Å².